The minimum atomic E-state index is 0.00708. The molecule has 1 N–H and O–H groups in total. The first-order valence-corrected chi connectivity index (χ1v) is 10.7. The van der Waals surface area contributed by atoms with Gasteiger partial charge in [-0.1, -0.05) is 63.2 Å². The number of rotatable bonds is 7. The van der Waals surface area contributed by atoms with Crippen molar-refractivity contribution in [2.24, 2.45) is 11.8 Å². The molecule has 3 heteroatoms. The van der Waals surface area contributed by atoms with Gasteiger partial charge in [0.2, 0.25) is 0 Å². The minimum Gasteiger partial charge on any atom is -0.345 e. The highest BCUT2D eigenvalue weighted by Crippen LogP contribution is 2.22. The number of hydrogen-bond donors (Lipinski definition) is 1. The number of hydrogen-bond acceptors (Lipinski definition) is 2. The van der Waals surface area contributed by atoms with Gasteiger partial charge in [0.1, 0.15) is 0 Å². The average molecular weight is 379 g/mol. The summed E-state index contributed by atoms with van der Waals surface area (Å²) in [6, 6.07) is 18.5. The van der Waals surface area contributed by atoms with E-state index < -0.39 is 0 Å². The van der Waals surface area contributed by atoms with E-state index >= 15 is 0 Å². The Hall–Kier alpha value is -2.13. The summed E-state index contributed by atoms with van der Waals surface area (Å²) in [6.45, 7) is 10.1. The lowest BCUT2D eigenvalue weighted by molar-refractivity contribution is 0.0932. The van der Waals surface area contributed by atoms with E-state index in [-0.39, 0.29) is 11.9 Å². The number of likely N-dealkylation sites (tertiary alicyclic amines) is 1. The lowest BCUT2D eigenvalue weighted by Crippen LogP contribution is -2.33. The number of nitrogens with one attached hydrogen (secondary N) is 1. The molecule has 0 radical (unpaired) electrons. The Morgan fingerprint density at radius 2 is 1.82 bits per heavy atom. The summed E-state index contributed by atoms with van der Waals surface area (Å²) in [5.41, 5.74) is 3.19. The number of benzene rings is 2. The van der Waals surface area contributed by atoms with Gasteiger partial charge in [0.05, 0.1) is 6.04 Å². The zero-order valence-electron chi connectivity index (χ0n) is 17.5. The number of amides is 1. The van der Waals surface area contributed by atoms with Gasteiger partial charge in [-0.05, 0) is 60.9 Å². The van der Waals surface area contributed by atoms with Crippen LogP contribution in [0.2, 0.25) is 0 Å². The van der Waals surface area contributed by atoms with Crippen molar-refractivity contribution in [2.45, 2.75) is 52.6 Å². The van der Waals surface area contributed by atoms with Crippen LogP contribution in [-0.2, 0) is 6.54 Å². The largest absolute Gasteiger partial charge is 0.345 e. The highest BCUT2D eigenvalue weighted by atomic mass is 16.1. The van der Waals surface area contributed by atoms with E-state index in [1.807, 2.05) is 30.3 Å². The van der Waals surface area contributed by atoms with Crippen LogP contribution in [0.4, 0.5) is 0 Å². The number of carbonyl (C=O) groups is 1. The topological polar surface area (TPSA) is 32.3 Å². The van der Waals surface area contributed by atoms with E-state index in [0.717, 1.165) is 24.4 Å². The van der Waals surface area contributed by atoms with E-state index in [0.29, 0.717) is 5.92 Å². The average Bonchev–Trinajstić information content (AvgIpc) is 2.68. The van der Waals surface area contributed by atoms with E-state index in [9.17, 15) is 4.79 Å². The zero-order chi connectivity index (χ0) is 19.9. The van der Waals surface area contributed by atoms with Gasteiger partial charge in [-0.25, -0.2) is 0 Å². The fraction of sp³-hybridized carbons (Fsp3) is 0.480. The highest BCUT2D eigenvalue weighted by molar-refractivity contribution is 5.94. The Balaban J connectivity index is 1.62. The molecule has 1 fully saturated rings. The van der Waals surface area contributed by atoms with Crippen molar-refractivity contribution < 1.29 is 4.79 Å². The Morgan fingerprint density at radius 3 is 2.46 bits per heavy atom. The maximum atomic E-state index is 12.8. The molecule has 0 bridgehead atoms. The summed E-state index contributed by atoms with van der Waals surface area (Å²) in [5.74, 6) is 1.31. The molecule has 0 saturated carbocycles. The van der Waals surface area contributed by atoms with Crippen LogP contribution in [0.3, 0.4) is 0 Å². The van der Waals surface area contributed by atoms with Crippen molar-refractivity contribution in [2.75, 3.05) is 13.1 Å². The minimum absolute atomic E-state index is 0.00708. The molecule has 1 aliphatic heterocycles. The maximum absolute atomic E-state index is 12.8. The van der Waals surface area contributed by atoms with Crippen LogP contribution in [0.25, 0.3) is 0 Å². The molecule has 28 heavy (non-hydrogen) atoms. The second-order valence-corrected chi connectivity index (χ2v) is 8.75. The van der Waals surface area contributed by atoms with Gasteiger partial charge < -0.3 is 5.32 Å². The van der Waals surface area contributed by atoms with Crippen LogP contribution in [0.5, 0.6) is 0 Å². The van der Waals surface area contributed by atoms with Crippen molar-refractivity contribution in [1.29, 1.82) is 0 Å². The molecule has 2 atom stereocenters. The third-order valence-corrected chi connectivity index (χ3v) is 5.58. The molecule has 0 spiro atoms. The molecule has 2 aromatic rings. The first-order valence-electron chi connectivity index (χ1n) is 10.7. The molecular weight excluding hydrogens is 344 g/mol. The Kier molecular flexibility index (Phi) is 7.27. The summed E-state index contributed by atoms with van der Waals surface area (Å²) >= 11 is 0. The van der Waals surface area contributed by atoms with E-state index in [2.05, 4.69) is 55.3 Å². The SMILES string of the molecule is CC(C)C[C@H](NC(=O)c1ccc(CN2CCC[C@H](C)C2)cc1)c1ccccc1. The molecular formula is C25H34N2O. The first kappa shape index (κ1) is 20.6. The van der Waals surface area contributed by atoms with Gasteiger partial charge >= 0.3 is 0 Å². The van der Waals surface area contributed by atoms with Gasteiger partial charge in [0, 0.05) is 18.7 Å². The second kappa shape index (κ2) is 9.88. The van der Waals surface area contributed by atoms with Crippen LogP contribution in [0.15, 0.2) is 54.6 Å². The fourth-order valence-electron chi connectivity index (χ4n) is 4.13. The van der Waals surface area contributed by atoms with Gasteiger partial charge in [0.15, 0.2) is 0 Å². The molecule has 1 heterocycles. The third-order valence-electron chi connectivity index (χ3n) is 5.58. The molecule has 150 valence electrons. The Morgan fingerprint density at radius 1 is 1.11 bits per heavy atom. The van der Waals surface area contributed by atoms with E-state index in [1.54, 1.807) is 0 Å². The molecule has 0 aromatic heterocycles. The number of piperidine rings is 1. The predicted molar refractivity (Wildman–Crippen MR) is 116 cm³/mol. The lowest BCUT2D eigenvalue weighted by atomic mass is 9.96. The maximum Gasteiger partial charge on any atom is 0.251 e. The standard InChI is InChI=1S/C25H34N2O/c1-19(2)16-24(22-9-5-4-6-10-22)26-25(28)23-13-11-21(12-14-23)18-27-15-7-8-20(3)17-27/h4-6,9-14,19-20,24H,7-8,15-18H2,1-3H3,(H,26,28)/t20-,24-/m0/s1. The molecule has 1 aliphatic rings. The third kappa shape index (κ3) is 5.93. The van der Waals surface area contributed by atoms with Gasteiger partial charge in [0.25, 0.3) is 5.91 Å². The van der Waals surface area contributed by atoms with Crippen LogP contribution in [0, 0.1) is 11.8 Å². The predicted octanol–water partition coefficient (Wildman–Crippen LogP) is 5.44. The Labute approximate surface area is 170 Å². The van der Waals surface area contributed by atoms with Crippen LogP contribution in [-0.4, -0.2) is 23.9 Å². The smallest absolute Gasteiger partial charge is 0.251 e. The summed E-state index contributed by atoms with van der Waals surface area (Å²) in [5, 5.41) is 3.24. The van der Waals surface area contributed by atoms with Gasteiger partial charge in [-0.2, -0.15) is 0 Å². The van der Waals surface area contributed by atoms with Crippen LogP contribution < -0.4 is 5.32 Å². The van der Waals surface area contributed by atoms with Crippen molar-refractivity contribution in [3.63, 3.8) is 0 Å². The quantitative estimate of drug-likeness (QED) is 0.696. The second-order valence-electron chi connectivity index (χ2n) is 8.75. The van der Waals surface area contributed by atoms with Gasteiger partial charge in [-0.3, -0.25) is 9.69 Å². The first-order chi connectivity index (χ1) is 13.5. The Bertz CT molecular complexity index is 739. The van der Waals surface area contributed by atoms with Crippen molar-refractivity contribution in [3.05, 3.63) is 71.3 Å². The van der Waals surface area contributed by atoms with Crippen molar-refractivity contribution in [1.82, 2.24) is 10.2 Å². The summed E-state index contributed by atoms with van der Waals surface area (Å²) in [4.78, 5) is 15.4. The monoisotopic (exact) mass is 378 g/mol. The summed E-state index contributed by atoms with van der Waals surface area (Å²) in [6.07, 6.45) is 3.56. The van der Waals surface area contributed by atoms with Crippen LogP contribution in [0.1, 0.15) is 67.6 Å². The molecule has 1 saturated heterocycles. The number of carbonyl (C=O) groups excluding carboxylic acids is 1. The van der Waals surface area contributed by atoms with E-state index in [4.69, 9.17) is 0 Å². The molecule has 2 aromatic carbocycles. The van der Waals surface area contributed by atoms with Crippen molar-refractivity contribution in [3.8, 4) is 0 Å². The summed E-state index contributed by atoms with van der Waals surface area (Å²) < 4.78 is 0. The lowest BCUT2D eigenvalue weighted by Gasteiger charge is -2.30. The molecule has 0 aliphatic carbocycles. The fourth-order valence-corrected chi connectivity index (χ4v) is 4.13. The summed E-state index contributed by atoms with van der Waals surface area (Å²) in [7, 11) is 0. The molecule has 3 nitrogen and oxygen atoms in total. The molecule has 3 rings (SSSR count). The molecule has 1 amide bonds. The van der Waals surface area contributed by atoms with E-state index in [1.165, 1.54) is 37.1 Å². The number of nitrogens with zero attached hydrogens (tertiary/aromatic N) is 1. The highest BCUT2D eigenvalue weighted by Gasteiger charge is 2.18. The van der Waals surface area contributed by atoms with Crippen molar-refractivity contribution >= 4 is 5.91 Å². The zero-order valence-corrected chi connectivity index (χ0v) is 17.5. The molecule has 0 unspecified atom stereocenters. The normalized spacial score (nSPS) is 18.8. The van der Waals surface area contributed by atoms with Gasteiger partial charge in [-0.15, -0.1) is 0 Å². The van der Waals surface area contributed by atoms with Crippen LogP contribution >= 0.6 is 0 Å².